The molecule has 2 saturated heterocycles. The van der Waals surface area contributed by atoms with Crippen LogP contribution in [0.4, 0.5) is 0 Å². The van der Waals surface area contributed by atoms with Crippen LogP contribution < -0.4 is 10.6 Å². The van der Waals surface area contributed by atoms with Gasteiger partial charge in [0.25, 0.3) is 0 Å². The highest BCUT2D eigenvalue weighted by molar-refractivity contribution is 7.99. The standard InChI is InChI=1S/C13H23N3O3S/c1-2-3-12(18)16-8-20-7-10(16)13(19)15-5-9-4-14-6-11(9)17/h9-11,14,17H,2-8H2,1H3,(H,15,19). The molecule has 114 valence electrons. The van der Waals surface area contributed by atoms with Crippen LogP contribution in [-0.2, 0) is 9.59 Å². The quantitative estimate of drug-likeness (QED) is 0.631. The van der Waals surface area contributed by atoms with Gasteiger partial charge in [0.05, 0.1) is 12.0 Å². The van der Waals surface area contributed by atoms with E-state index in [0.29, 0.717) is 31.1 Å². The summed E-state index contributed by atoms with van der Waals surface area (Å²) >= 11 is 1.61. The predicted octanol–water partition coefficient (Wildman–Crippen LogP) is -0.615. The zero-order chi connectivity index (χ0) is 14.5. The molecule has 6 nitrogen and oxygen atoms in total. The number of aliphatic hydroxyl groups excluding tert-OH is 1. The number of amides is 2. The average Bonchev–Trinajstić information content (AvgIpc) is 3.05. The van der Waals surface area contributed by atoms with E-state index >= 15 is 0 Å². The van der Waals surface area contributed by atoms with E-state index in [4.69, 9.17) is 0 Å². The van der Waals surface area contributed by atoms with E-state index in [0.717, 1.165) is 13.0 Å². The summed E-state index contributed by atoms with van der Waals surface area (Å²) in [6.45, 7) is 3.73. The first-order valence-electron chi connectivity index (χ1n) is 7.17. The van der Waals surface area contributed by atoms with Gasteiger partial charge in [0, 0.05) is 37.7 Å². The van der Waals surface area contributed by atoms with Crippen LogP contribution in [0.5, 0.6) is 0 Å². The lowest BCUT2D eigenvalue weighted by Gasteiger charge is -2.24. The molecule has 2 fully saturated rings. The Balaban J connectivity index is 1.83. The molecule has 0 radical (unpaired) electrons. The highest BCUT2D eigenvalue weighted by atomic mass is 32.2. The van der Waals surface area contributed by atoms with Gasteiger partial charge in [-0.3, -0.25) is 9.59 Å². The van der Waals surface area contributed by atoms with Gasteiger partial charge in [-0.25, -0.2) is 0 Å². The van der Waals surface area contributed by atoms with Crippen molar-refractivity contribution < 1.29 is 14.7 Å². The summed E-state index contributed by atoms with van der Waals surface area (Å²) in [5.41, 5.74) is 0. The van der Waals surface area contributed by atoms with Crippen molar-refractivity contribution in [1.29, 1.82) is 0 Å². The van der Waals surface area contributed by atoms with Crippen LogP contribution in [0.1, 0.15) is 19.8 Å². The molecule has 0 saturated carbocycles. The topological polar surface area (TPSA) is 81.7 Å². The van der Waals surface area contributed by atoms with Crippen molar-refractivity contribution in [2.45, 2.75) is 31.9 Å². The zero-order valence-electron chi connectivity index (χ0n) is 11.8. The maximum absolute atomic E-state index is 12.2. The van der Waals surface area contributed by atoms with E-state index < -0.39 is 6.10 Å². The fourth-order valence-electron chi connectivity index (χ4n) is 2.54. The minimum Gasteiger partial charge on any atom is -0.391 e. The van der Waals surface area contributed by atoms with E-state index in [1.165, 1.54) is 0 Å². The summed E-state index contributed by atoms with van der Waals surface area (Å²) in [4.78, 5) is 25.8. The molecule has 0 aromatic rings. The number of hydrogen-bond donors (Lipinski definition) is 3. The van der Waals surface area contributed by atoms with Gasteiger partial charge in [-0.15, -0.1) is 11.8 Å². The van der Waals surface area contributed by atoms with Gasteiger partial charge >= 0.3 is 0 Å². The Bertz CT molecular complexity index is 367. The minimum atomic E-state index is -0.397. The third kappa shape index (κ3) is 3.65. The molecule has 0 aromatic carbocycles. The number of thioether (sulfide) groups is 1. The van der Waals surface area contributed by atoms with E-state index in [1.54, 1.807) is 16.7 Å². The highest BCUT2D eigenvalue weighted by Gasteiger charge is 2.34. The second-order valence-corrected chi connectivity index (χ2v) is 6.36. The lowest BCUT2D eigenvalue weighted by molar-refractivity contribution is -0.138. The van der Waals surface area contributed by atoms with Gasteiger partial charge in [0.2, 0.25) is 11.8 Å². The van der Waals surface area contributed by atoms with Gasteiger partial charge < -0.3 is 20.6 Å². The lowest BCUT2D eigenvalue weighted by Crippen LogP contribution is -2.48. The van der Waals surface area contributed by atoms with Crippen LogP contribution in [0.3, 0.4) is 0 Å². The molecular formula is C13H23N3O3S. The van der Waals surface area contributed by atoms with Crippen molar-refractivity contribution >= 4 is 23.6 Å². The van der Waals surface area contributed by atoms with Crippen LogP contribution in [0, 0.1) is 5.92 Å². The van der Waals surface area contributed by atoms with E-state index in [9.17, 15) is 14.7 Å². The number of carbonyl (C=O) groups excluding carboxylic acids is 2. The first kappa shape index (κ1) is 15.6. The predicted molar refractivity (Wildman–Crippen MR) is 78.2 cm³/mol. The molecule has 0 aliphatic carbocycles. The summed E-state index contributed by atoms with van der Waals surface area (Å²) in [5.74, 6) is 1.28. The molecule has 3 unspecified atom stereocenters. The average molecular weight is 301 g/mol. The molecule has 0 bridgehead atoms. The Labute approximate surface area is 123 Å². The van der Waals surface area contributed by atoms with Crippen molar-refractivity contribution in [2.24, 2.45) is 5.92 Å². The second kappa shape index (κ2) is 7.28. The number of nitrogens with zero attached hydrogens (tertiary/aromatic N) is 1. The second-order valence-electron chi connectivity index (χ2n) is 5.36. The molecule has 3 N–H and O–H groups in total. The highest BCUT2D eigenvalue weighted by Crippen LogP contribution is 2.22. The Hall–Kier alpha value is -0.790. The number of nitrogens with one attached hydrogen (secondary N) is 2. The SMILES string of the molecule is CCCC(=O)N1CSCC1C(=O)NCC1CNCC1O. The van der Waals surface area contributed by atoms with Crippen LogP contribution in [-0.4, -0.2) is 65.2 Å². The van der Waals surface area contributed by atoms with Gasteiger partial charge in [-0.05, 0) is 6.42 Å². The summed E-state index contributed by atoms with van der Waals surface area (Å²) in [7, 11) is 0. The minimum absolute atomic E-state index is 0.0558. The van der Waals surface area contributed by atoms with E-state index in [1.807, 2.05) is 6.92 Å². The Morgan fingerprint density at radius 2 is 2.25 bits per heavy atom. The molecular weight excluding hydrogens is 278 g/mol. The molecule has 20 heavy (non-hydrogen) atoms. The molecule has 2 aliphatic rings. The maximum Gasteiger partial charge on any atom is 0.243 e. The summed E-state index contributed by atoms with van der Waals surface area (Å²) in [6, 6.07) is -0.356. The number of rotatable bonds is 5. The number of aliphatic hydroxyl groups is 1. The summed E-state index contributed by atoms with van der Waals surface area (Å²) in [5, 5.41) is 15.7. The molecule has 2 rings (SSSR count). The fourth-order valence-corrected chi connectivity index (χ4v) is 3.72. The molecule has 3 atom stereocenters. The number of hydrogen-bond acceptors (Lipinski definition) is 5. The summed E-state index contributed by atoms with van der Waals surface area (Å²) in [6.07, 6.45) is 0.898. The van der Waals surface area contributed by atoms with Crippen molar-refractivity contribution in [3.05, 3.63) is 0 Å². The van der Waals surface area contributed by atoms with Gasteiger partial charge in [-0.2, -0.15) is 0 Å². The number of carbonyl (C=O) groups is 2. The first-order valence-corrected chi connectivity index (χ1v) is 8.32. The Kier molecular flexibility index (Phi) is 5.68. The van der Waals surface area contributed by atoms with Gasteiger partial charge in [-0.1, -0.05) is 6.92 Å². The van der Waals surface area contributed by atoms with Gasteiger partial charge in [0.15, 0.2) is 0 Å². The van der Waals surface area contributed by atoms with Crippen molar-refractivity contribution in [2.75, 3.05) is 31.3 Å². The normalized spacial score (nSPS) is 29.7. The molecule has 0 aromatic heterocycles. The van der Waals surface area contributed by atoms with E-state index in [2.05, 4.69) is 10.6 Å². The van der Waals surface area contributed by atoms with Crippen molar-refractivity contribution in [3.63, 3.8) is 0 Å². The largest absolute Gasteiger partial charge is 0.391 e. The molecule has 2 amide bonds. The fraction of sp³-hybridized carbons (Fsp3) is 0.846. The van der Waals surface area contributed by atoms with E-state index in [-0.39, 0.29) is 23.8 Å². The monoisotopic (exact) mass is 301 g/mol. The smallest absolute Gasteiger partial charge is 0.243 e. The molecule has 0 spiro atoms. The molecule has 7 heteroatoms. The summed E-state index contributed by atoms with van der Waals surface area (Å²) < 4.78 is 0. The third-order valence-electron chi connectivity index (χ3n) is 3.81. The Morgan fingerprint density at radius 1 is 1.45 bits per heavy atom. The Morgan fingerprint density at radius 3 is 2.90 bits per heavy atom. The van der Waals surface area contributed by atoms with Crippen LogP contribution in [0.2, 0.25) is 0 Å². The number of β-amino-alcohol motifs (C(OH)–C–C–N with tert-alkyl or cyclic N) is 1. The van der Waals surface area contributed by atoms with Crippen LogP contribution >= 0.6 is 11.8 Å². The first-order chi connectivity index (χ1) is 9.63. The van der Waals surface area contributed by atoms with Gasteiger partial charge in [0.1, 0.15) is 6.04 Å². The molecule has 2 aliphatic heterocycles. The molecule has 2 heterocycles. The maximum atomic E-state index is 12.2. The lowest BCUT2D eigenvalue weighted by atomic mass is 10.1. The van der Waals surface area contributed by atoms with Crippen LogP contribution in [0.15, 0.2) is 0 Å². The third-order valence-corrected chi connectivity index (χ3v) is 4.82. The van der Waals surface area contributed by atoms with Crippen molar-refractivity contribution in [3.8, 4) is 0 Å². The van der Waals surface area contributed by atoms with Crippen molar-refractivity contribution in [1.82, 2.24) is 15.5 Å². The van der Waals surface area contributed by atoms with Crippen LogP contribution in [0.25, 0.3) is 0 Å². The zero-order valence-corrected chi connectivity index (χ0v) is 12.6.